The van der Waals surface area contributed by atoms with Gasteiger partial charge >= 0.3 is 0 Å². The van der Waals surface area contributed by atoms with Crippen LogP contribution in [0, 0.1) is 19.7 Å². The number of rotatable bonds is 7. The van der Waals surface area contributed by atoms with Crippen LogP contribution in [0.3, 0.4) is 0 Å². The molecule has 0 aliphatic carbocycles. The Labute approximate surface area is 211 Å². The van der Waals surface area contributed by atoms with Crippen LogP contribution < -0.4 is 19.8 Å². The van der Waals surface area contributed by atoms with Crippen LogP contribution in [0.15, 0.2) is 45.6 Å². The van der Waals surface area contributed by atoms with Gasteiger partial charge < -0.3 is 13.9 Å². The summed E-state index contributed by atoms with van der Waals surface area (Å²) in [5.74, 6) is -0.0633. The van der Waals surface area contributed by atoms with Gasteiger partial charge in [-0.2, -0.15) is 0 Å². The van der Waals surface area contributed by atoms with E-state index in [1.54, 1.807) is 18.2 Å². The Balaban J connectivity index is 1.72. The molecule has 5 rings (SSSR count). The first-order valence-electron chi connectivity index (χ1n) is 11.7. The maximum absolute atomic E-state index is 14.0. The average Bonchev–Trinajstić information content (AvgIpc) is 3.35. The molecule has 0 bridgehead atoms. The van der Waals surface area contributed by atoms with E-state index in [0.29, 0.717) is 28.8 Å². The van der Waals surface area contributed by atoms with Crippen LogP contribution in [0.4, 0.5) is 9.52 Å². The molecular weight excluding hydrogens is 483 g/mol. The summed E-state index contributed by atoms with van der Waals surface area (Å²) in [4.78, 5) is 34.4. The molecule has 0 saturated heterocycles. The first-order valence-corrected chi connectivity index (χ1v) is 12.5. The molecule has 36 heavy (non-hydrogen) atoms. The van der Waals surface area contributed by atoms with Crippen LogP contribution in [0.5, 0.6) is 11.5 Å². The van der Waals surface area contributed by atoms with E-state index >= 15 is 0 Å². The second-order valence-corrected chi connectivity index (χ2v) is 9.82. The summed E-state index contributed by atoms with van der Waals surface area (Å²) >= 11 is 1.36. The second kappa shape index (κ2) is 9.39. The van der Waals surface area contributed by atoms with Gasteiger partial charge in [-0.1, -0.05) is 19.4 Å². The van der Waals surface area contributed by atoms with Crippen molar-refractivity contribution in [3.8, 4) is 11.5 Å². The lowest BCUT2D eigenvalue weighted by atomic mass is 9.98. The molecule has 3 heterocycles. The van der Waals surface area contributed by atoms with Crippen molar-refractivity contribution in [1.82, 2.24) is 4.98 Å². The lowest BCUT2D eigenvalue weighted by molar-refractivity contribution is 0.0971. The highest BCUT2D eigenvalue weighted by molar-refractivity contribution is 7.15. The molecule has 1 atom stereocenters. The maximum Gasteiger partial charge on any atom is 0.297 e. The number of unbranched alkanes of at least 4 members (excludes halogenated alkanes) is 1. The number of halogens is 1. The fraction of sp³-hybridized carbons (Fsp3) is 0.296. The number of hydrogen-bond acceptors (Lipinski definition) is 7. The van der Waals surface area contributed by atoms with E-state index in [2.05, 4.69) is 11.9 Å². The zero-order valence-corrected chi connectivity index (χ0v) is 21.2. The topological polar surface area (TPSA) is 81.9 Å². The van der Waals surface area contributed by atoms with Gasteiger partial charge in [0, 0.05) is 4.88 Å². The normalized spacial score (nSPS) is 15.0. The van der Waals surface area contributed by atoms with Gasteiger partial charge in [0.1, 0.15) is 11.4 Å². The number of fused-ring (bicyclic) bond motifs is 2. The molecule has 1 unspecified atom stereocenters. The van der Waals surface area contributed by atoms with Gasteiger partial charge in [0.25, 0.3) is 5.91 Å². The zero-order chi connectivity index (χ0) is 25.6. The number of methoxy groups -OCH3 is 1. The van der Waals surface area contributed by atoms with Crippen molar-refractivity contribution < 1.29 is 23.1 Å². The minimum absolute atomic E-state index is 0.0724. The molecular formula is C27H25FN2O5S. The molecule has 1 aliphatic heterocycles. The van der Waals surface area contributed by atoms with Crippen LogP contribution in [0.25, 0.3) is 11.0 Å². The van der Waals surface area contributed by atoms with Crippen LogP contribution in [-0.4, -0.2) is 24.6 Å². The average molecular weight is 509 g/mol. The van der Waals surface area contributed by atoms with Gasteiger partial charge in [0.05, 0.1) is 36.4 Å². The first kappa shape index (κ1) is 24.0. The molecule has 1 amide bonds. The van der Waals surface area contributed by atoms with Crippen LogP contribution in [0.2, 0.25) is 0 Å². The van der Waals surface area contributed by atoms with E-state index in [1.165, 1.54) is 35.5 Å². The van der Waals surface area contributed by atoms with Crippen molar-refractivity contribution in [2.45, 2.75) is 39.7 Å². The minimum atomic E-state index is -0.833. The van der Waals surface area contributed by atoms with Crippen molar-refractivity contribution in [2.24, 2.45) is 0 Å². The molecule has 4 aromatic rings. The second-order valence-electron chi connectivity index (χ2n) is 8.64. The van der Waals surface area contributed by atoms with Crippen LogP contribution in [-0.2, 0) is 0 Å². The molecule has 0 saturated carbocycles. The molecule has 2 aromatic heterocycles. The third-order valence-corrected chi connectivity index (χ3v) is 7.39. The van der Waals surface area contributed by atoms with Gasteiger partial charge in [0.15, 0.2) is 22.1 Å². The SMILES string of the molecule is CCCCOc1ccc(C2c3c(oc4ccc(F)cc4c3=O)C(=O)N2c2nc(C)c(C)s2)cc1OC. The summed E-state index contributed by atoms with van der Waals surface area (Å²) in [7, 11) is 1.54. The van der Waals surface area contributed by atoms with Gasteiger partial charge in [-0.15, -0.1) is 11.3 Å². The highest BCUT2D eigenvalue weighted by atomic mass is 32.1. The van der Waals surface area contributed by atoms with E-state index in [1.807, 2.05) is 13.8 Å². The number of ether oxygens (including phenoxy) is 2. The molecule has 7 nitrogen and oxygen atoms in total. The zero-order valence-electron chi connectivity index (χ0n) is 20.4. The van der Waals surface area contributed by atoms with Gasteiger partial charge in [-0.05, 0) is 56.2 Å². The summed E-state index contributed by atoms with van der Waals surface area (Å²) in [6.07, 6.45) is 1.89. The lowest BCUT2D eigenvalue weighted by Gasteiger charge is -2.23. The molecule has 0 fully saturated rings. The predicted molar refractivity (Wildman–Crippen MR) is 136 cm³/mol. The van der Waals surface area contributed by atoms with E-state index in [-0.39, 0.29) is 22.3 Å². The summed E-state index contributed by atoms with van der Waals surface area (Å²) in [6, 6.07) is 8.18. The molecule has 0 N–H and O–H groups in total. The van der Waals surface area contributed by atoms with Crippen molar-refractivity contribution in [1.29, 1.82) is 0 Å². The highest BCUT2D eigenvalue weighted by Gasteiger charge is 2.45. The standard InChI is InChI=1S/C27H25FN2O5S/c1-5-6-11-34-20-9-7-16(12-21(20)33-4)23-22-24(31)18-13-17(28)8-10-19(18)35-25(22)26(32)30(23)27-29-14(2)15(3)36-27/h7-10,12-13,23H,5-6,11H2,1-4H3. The van der Waals surface area contributed by atoms with E-state index in [9.17, 15) is 14.0 Å². The Kier molecular flexibility index (Phi) is 6.26. The summed E-state index contributed by atoms with van der Waals surface area (Å²) < 4.78 is 31.4. The van der Waals surface area contributed by atoms with Crippen molar-refractivity contribution >= 4 is 33.3 Å². The number of aromatic nitrogens is 1. The number of anilines is 1. The monoisotopic (exact) mass is 508 g/mol. The summed E-state index contributed by atoms with van der Waals surface area (Å²) in [6.45, 7) is 6.41. The Morgan fingerprint density at radius 2 is 1.94 bits per heavy atom. The number of hydrogen-bond donors (Lipinski definition) is 0. The fourth-order valence-corrected chi connectivity index (χ4v) is 5.25. The van der Waals surface area contributed by atoms with Gasteiger partial charge in [-0.3, -0.25) is 14.5 Å². The van der Waals surface area contributed by atoms with E-state index < -0.39 is 23.2 Å². The summed E-state index contributed by atoms with van der Waals surface area (Å²) in [5.41, 5.74) is 1.25. The van der Waals surface area contributed by atoms with Crippen molar-refractivity contribution in [3.05, 3.63) is 79.9 Å². The van der Waals surface area contributed by atoms with Crippen LogP contribution >= 0.6 is 11.3 Å². The Hall–Kier alpha value is -3.72. The number of amides is 1. The minimum Gasteiger partial charge on any atom is -0.493 e. The molecule has 186 valence electrons. The quantitative estimate of drug-likeness (QED) is 0.287. The maximum atomic E-state index is 14.0. The number of carbonyl (C=O) groups excluding carboxylic acids is 1. The smallest absolute Gasteiger partial charge is 0.297 e. The lowest BCUT2D eigenvalue weighted by Crippen LogP contribution is -2.29. The Morgan fingerprint density at radius 1 is 1.14 bits per heavy atom. The molecule has 0 radical (unpaired) electrons. The van der Waals surface area contributed by atoms with E-state index in [4.69, 9.17) is 13.9 Å². The number of benzene rings is 2. The van der Waals surface area contributed by atoms with Crippen molar-refractivity contribution in [3.63, 3.8) is 0 Å². The van der Waals surface area contributed by atoms with Crippen LogP contribution in [0.1, 0.15) is 58.1 Å². The summed E-state index contributed by atoms with van der Waals surface area (Å²) in [5, 5.41) is 0.523. The van der Waals surface area contributed by atoms with Gasteiger partial charge in [-0.25, -0.2) is 9.37 Å². The number of aryl methyl sites for hydroxylation is 2. The third-order valence-electron chi connectivity index (χ3n) is 6.31. The number of nitrogens with zero attached hydrogens (tertiary/aromatic N) is 2. The highest BCUT2D eigenvalue weighted by Crippen LogP contribution is 2.44. The Bertz CT molecular complexity index is 1520. The number of carbonyl (C=O) groups is 1. The molecule has 1 aliphatic rings. The molecule has 9 heteroatoms. The fourth-order valence-electron chi connectivity index (χ4n) is 4.32. The number of thiazole rings is 1. The van der Waals surface area contributed by atoms with Gasteiger partial charge in [0.2, 0.25) is 5.76 Å². The predicted octanol–water partition coefficient (Wildman–Crippen LogP) is 5.94. The third kappa shape index (κ3) is 3.93. The van der Waals surface area contributed by atoms with Crippen molar-refractivity contribution in [2.75, 3.05) is 18.6 Å². The molecule has 2 aromatic carbocycles. The Morgan fingerprint density at radius 3 is 2.64 bits per heavy atom. The largest absolute Gasteiger partial charge is 0.493 e. The van der Waals surface area contributed by atoms with E-state index in [0.717, 1.165) is 29.5 Å². The first-order chi connectivity index (χ1) is 17.3. The molecule has 0 spiro atoms.